The number of hydrogen-bond acceptors (Lipinski definition) is 6. The number of carbonyl (C=O) groups excluding carboxylic acids is 1. The van der Waals surface area contributed by atoms with Crippen LogP contribution in [-0.4, -0.2) is 55.7 Å². The molecule has 9 heteroatoms. The molecule has 0 radical (unpaired) electrons. The lowest BCUT2D eigenvalue weighted by Crippen LogP contribution is -2.45. The van der Waals surface area contributed by atoms with Gasteiger partial charge in [-0.1, -0.05) is 6.07 Å². The Hall–Kier alpha value is -1.81. The number of rotatable bonds is 5. The van der Waals surface area contributed by atoms with Crippen LogP contribution in [0.2, 0.25) is 0 Å². The first kappa shape index (κ1) is 18.0. The van der Waals surface area contributed by atoms with Crippen molar-refractivity contribution in [1.29, 1.82) is 0 Å². The van der Waals surface area contributed by atoms with Gasteiger partial charge in [-0.05, 0) is 30.1 Å². The van der Waals surface area contributed by atoms with Gasteiger partial charge in [0.1, 0.15) is 0 Å². The quantitative estimate of drug-likeness (QED) is 0.839. The molecule has 0 fully saturated rings. The van der Waals surface area contributed by atoms with E-state index in [0.29, 0.717) is 16.3 Å². The lowest BCUT2D eigenvalue weighted by molar-refractivity contribution is -0.122. The lowest BCUT2D eigenvalue weighted by Gasteiger charge is -2.30. The minimum Gasteiger partial charge on any atom is -0.346 e. The molecule has 1 N–H and O–H groups in total. The number of sulfonamides is 1. The number of amides is 1. The number of nitrogens with zero attached hydrogens (tertiary/aromatic N) is 3. The number of carbonyl (C=O) groups is 1. The van der Waals surface area contributed by atoms with Crippen molar-refractivity contribution in [2.45, 2.75) is 17.5 Å². The summed E-state index contributed by atoms with van der Waals surface area (Å²) in [5.41, 5.74) is 1.03. The largest absolute Gasteiger partial charge is 0.346 e. The second-order valence-corrected chi connectivity index (χ2v) is 9.05. The maximum absolute atomic E-state index is 12.4. The standard InChI is InChI=1S/C16H20N4O3S2/c1-19(9-12-4-3-6-17-8-12)11-15(21)18-13-10-20(2)25(22,23)14-5-7-24-16(13)14/h3-8,13H,9-11H2,1-2H3,(H,18,21). The molecule has 0 bridgehead atoms. The Kier molecular flexibility index (Phi) is 5.19. The molecule has 3 heterocycles. The number of likely N-dealkylation sites (N-methyl/N-ethyl adjacent to an activating group) is 2. The number of nitrogens with one attached hydrogen (secondary N) is 1. The summed E-state index contributed by atoms with van der Waals surface area (Å²) in [4.78, 5) is 19.3. The van der Waals surface area contributed by atoms with Crippen LogP contribution in [0.5, 0.6) is 0 Å². The predicted molar refractivity (Wildman–Crippen MR) is 95.6 cm³/mol. The highest BCUT2D eigenvalue weighted by molar-refractivity contribution is 7.89. The third-order valence-corrected chi connectivity index (χ3v) is 7.07. The molecule has 0 aromatic carbocycles. The van der Waals surface area contributed by atoms with Crippen molar-refractivity contribution >= 4 is 27.3 Å². The van der Waals surface area contributed by atoms with E-state index in [1.165, 1.54) is 22.7 Å². The summed E-state index contributed by atoms with van der Waals surface area (Å²) < 4.78 is 25.9. The molecule has 1 amide bonds. The average molecular weight is 380 g/mol. The Morgan fingerprint density at radius 2 is 2.28 bits per heavy atom. The highest BCUT2D eigenvalue weighted by Crippen LogP contribution is 2.35. The summed E-state index contributed by atoms with van der Waals surface area (Å²) >= 11 is 1.36. The molecular weight excluding hydrogens is 360 g/mol. The first-order valence-corrected chi connectivity index (χ1v) is 10.1. The average Bonchev–Trinajstić information content (AvgIpc) is 3.04. The van der Waals surface area contributed by atoms with Crippen LogP contribution in [0.15, 0.2) is 40.9 Å². The molecule has 1 atom stereocenters. The van der Waals surface area contributed by atoms with Crippen LogP contribution in [0, 0.1) is 0 Å². The summed E-state index contributed by atoms with van der Waals surface area (Å²) in [6.45, 7) is 1.08. The topological polar surface area (TPSA) is 82.6 Å². The van der Waals surface area contributed by atoms with Crippen molar-refractivity contribution < 1.29 is 13.2 Å². The molecule has 25 heavy (non-hydrogen) atoms. The molecule has 7 nitrogen and oxygen atoms in total. The molecule has 0 saturated heterocycles. The highest BCUT2D eigenvalue weighted by atomic mass is 32.2. The van der Waals surface area contributed by atoms with Gasteiger partial charge in [0.15, 0.2) is 0 Å². The van der Waals surface area contributed by atoms with Gasteiger partial charge in [-0.15, -0.1) is 11.3 Å². The summed E-state index contributed by atoms with van der Waals surface area (Å²) in [7, 11) is -0.0417. The van der Waals surface area contributed by atoms with Crippen LogP contribution in [0.3, 0.4) is 0 Å². The zero-order chi connectivity index (χ0) is 18.0. The lowest BCUT2D eigenvalue weighted by atomic mass is 10.2. The van der Waals surface area contributed by atoms with Crippen LogP contribution in [0.4, 0.5) is 0 Å². The second-order valence-electron chi connectivity index (χ2n) is 6.09. The first-order valence-electron chi connectivity index (χ1n) is 7.78. The van der Waals surface area contributed by atoms with E-state index in [1.54, 1.807) is 23.8 Å². The zero-order valence-corrected chi connectivity index (χ0v) is 15.7. The van der Waals surface area contributed by atoms with Crippen LogP contribution in [-0.2, 0) is 21.4 Å². The molecule has 0 saturated carbocycles. The van der Waals surface area contributed by atoms with Crippen molar-refractivity contribution in [1.82, 2.24) is 19.5 Å². The van der Waals surface area contributed by atoms with Crippen LogP contribution in [0.25, 0.3) is 0 Å². The minimum atomic E-state index is -3.43. The van der Waals surface area contributed by atoms with Gasteiger partial charge in [0.2, 0.25) is 15.9 Å². The monoisotopic (exact) mass is 380 g/mol. The first-order chi connectivity index (χ1) is 11.9. The second kappa shape index (κ2) is 7.20. The van der Waals surface area contributed by atoms with Crippen LogP contribution in [0.1, 0.15) is 16.5 Å². The molecule has 1 aliphatic heterocycles. The number of fused-ring (bicyclic) bond motifs is 1. The van der Waals surface area contributed by atoms with Crippen molar-refractivity contribution in [2.24, 2.45) is 0 Å². The van der Waals surface area contributed by atoms with E-state index in [-0.39, 0.29) is 25.0 Å². The Balaban J connectivity index is 1.64. The van der Waals surface area contributed by atoms with Gasteiger partial charge in [0.05, 0.1) is 17.5 Å². The van der Waals surface area contributed by atoms with E-state index in [0.717, 1.165) is 5.56 Å². The molecule has 1 aliphatic rings. The fourth-order valence-corrected chi connectivity index (χ4v) is 5.53. The van der Waals surface area contributed by atoms with E-state index in [9.17, 15) is 13.2 Å². The van der Waals surface area contributed by atoms with Crippen molar-refractivity contribution in [3.63, 3.8) is 0 Å². The molecular formula is C16H20N4O3S2. The maximum atomic E-state index is 12.4. The van der Waals surface area contributed by atoms with Crippen molar-refractivity contribution in [3.8, 4) is 0 Å². The van der Waals surface area contributed by atoms with Crippen molar-refractivity contribution in [3.05, 3.63) is 46.4 Å². The summed E-state index contributed by atoms with van der Waals surface area (Å²) in [6, 6.07) is 5.10. The Morgan fingerprint density at radius 3 is 3.00 bits per heavy atom. The number of hydrogen-bond donors (Lipinski definition) is 1. The molecule has 1 unspecified atom stereocenters. The van der Waals surface area contributed by atoms with E-state index < -0.39 is 10.0 Å². The van der Waals surface area contributed by atoms with E-state index in [4.69, 9.17) is 0 Å². The van der Waals surface area contributed by atoms with Gasteiger partial charge in [0.25, 0.3) is 0 Å². The van der Waals surface area contributed by atoms with E-state index >= 15 is 0 Å². The zero-order valence-electron chi connectivity index (χ0n) is 14.0. The fraction of sp³-hybridized carbons (Fsp3) is 0.375. The molecule has 0 spiro atoms. The summed E-state index contributed by atoms with van der Waals surface area (Å²) in [6.07, 6.45) is 3.48. The van der Waals surface area contributed by atoms with Gasteiger partial charge in [-0.2, -0.15) is 4.31 Å². The van der Waals surface area contributed by atoms with Crippen LogP contribution < -0.4 is 5.32 Å². The molecule has 2 aromatic rings. The fourth-order valence-electron chi connectivity index (χ4n) is 2.84. The normalized spacial score (nSPS) is 19.6. The van der Waals surface area contributed by atoms with Gasteiger partial charge in [-0.3, -0.25) is 14.7 Å². The smallest absolute Gasteiger partial charge is 0.244 e. The van der Waals surface area contributed by atoms with Gasteiger partial charge >= 0.3 is 0 Å². The maximum Gasteiger partial charge on any atom is 0.244 e. The minimum absolute atomic E-state index is 0.136. The van der Waals surface area contributed by atoms with Crippen LogP contribution >= 0.6 is 11.3 Å². The van der Waals surface area contributed by atoms with Gasteiger partial charge < -0.3 is 5.32 Å². The summed E-state index contributed by atoms with van der Waals surface area (Å²) in [5, 5.41) is 4.70. The van der Waals surface area contributed by atoms with E-state index in [1.807, 2.05) is 24.1 Å². The van der Waals surface area contributed by atoms with Gasteiger partial charge in [-0.25, -0.2) is 8.42 Å². The molecule has 0 aliphatic carbocycles. The molecule has 3 rings (SSSR count). The Morgan fingerprint density at radius 1 is 1.48 bits per heavy atom. The predicted octanol–water partition coefficient (Wildman–Crippen LogP) is 1.07. The van der Waals surface area contributed by atoms with E-state index in [2.05, 4.69) is 10.3 Å². The molecule has 134 valence electrons. The summed E-state index contributed by atoms with van der Waals surface area (Å²) in [5.74, 6) is -0.136. The number of aromatic nitrogens is 1. The third kappa shape index (κ3) is 3.90. The third-order valence-electron chi connectivity index (χ3n) is 4.03. The number of thiophene rings is 1. The number of pyridine rings is 1. The Labute approximate surface area is 151 Å². The Bertz CT molecular complexity index is 851. The highest BCUT2D eigenvalue weighted by Gasteiger charge is 2.36. The SMILES string of the molecule is CN(CC(=O)NC1CN(C)S(=O)(=O)c2ccsc21)Cc1cccnc1. The van der Waals surface area contributed by atoms with Gasteiger partial charge in [0, 0.05) is 37.4 Å². The molecule has 2 aromatic heterocycles. The van der Waals surface area contributed by atoms with Crippen molar-refractivity contribution in [2.75, 3.05) is 27.2 Å².